The second-order valence-corrected chi connectivity index (χ2v) is 3.33. The van der Waals surface area contributed by atoms with Crippen molar-refractivity contribution in [1.29, 1.82) is 0 Å². The van der Waals surface area contributed by atoms with Crippen LogP contribution >= 0.6 is 0 Å². The van der Waals surface area contributed by atoms with Crippen LogP contribution in [0.3, 0.4) is 0 Å². The Bertz CT molecular complexity index is 538. The highest BCUT2D eigenvalue weighted by atomic mass is 16.5. The molecule has 0 aliphatic rings. The summed E-state index contributed by atoms with van der Waals surface area (Å²) in [6, 6.07) is 9.23. The first-order chi connectivity index (χ1) is 8.16. The quantitative estimate of drug-likeness (QED) is 0.604. The molecule has 5 nitrogen and oxygen atoms in total. The van der Waals surface area contributed by atoms with Gasteiger partial charge in [0.2, 0.25) is 0 Å². The molecule has 0 saturated carbocycles. The van der Waals surface area contributed by atoms with Gasteiger partial charge in [-0.2, -0.15) is 0 Å². The fraction of sp³-hybridized carbons (Fsp3) is 0. The minimum Gasteiger partial charge on any atom is -0.504 e. The lowest BCUT2D eigenvalue weighted by molar-refractivity contribution is 0.0729. The van der Waals surface area contributed by atoms with Crippen molar-refractivity contribution in [3.63, 3.8) is 0 Å². The van der Waals surface area contributed by atoms with E-state index >= 15 is 0 Å². The molecule has 0 radical (unpaired) electrons. The van der Waals surface area contributed by atoms with Crippen LogP contribution in [-0.4, -0.2) is 16.1 Å². The molecule has 0 bridgehead atoms. The van der Waals surface area contributed by atoms with Gasteiger partial charge in [0.05, 0.1) is 5.56 Å². The lowest BCUT2D eigenvalue weighted by Gasteiger charge is -2.05. The molecule has 3 N–H and O–H groups in total. The highest BCUT2D eigenvalue weighted by Gasteiger charge is 2.11. The number of aromatic nitrogens is 1. The van der Waals surface area contributed by atoms with Crippen molar-refractivity contribution in [2.24, 2.45) is 0 Å². The third-order valence-corrected chi connectivity index (χ3v) is 2.09. The number of hydrogen-bond donors (Lipinski definition) is 2. The zero-order valence-corrected chi connectivity index (χ0v) is 8.83. The van der Waals surface area contributed by atoms with Crippen molar-refractivity contribution in [3.05, 3.63) is 48.2 Å². The SMILES string of the molecule is Nc1ccc(C(=O)Oc2ccccc2O)cn1. The molecule has 0 spiro atoms. The molecule has 17 heavy (non-hydrogen) atoms. The van der Waals surface area contributed by atoms with Crippen molar-refractivity contribution in [1.82, 2.24) is 4.98 Å². The number of nitrogen functional groups attached to an aromatic ring is 1. The van der Waals surface area contributed by atoms with E-state index in [9.17, 15) is 9.90 Å². The number of aromatic hydroxyl groups is 1. The number of carbonyl (C=O) groups excluding carboxylic acids is 1. The number of phenols is 1. The molecule has 0 saturated heterocycles. The van der Waals surface area contributed by atoms with E-state index in [0.717, 1.165) is 0 Å². The molecule has 2 aromatic rings. The fourth-order valence-electron chi connectivity index (χ4n) is 1.23. The number of pyridine rings is 1. The van der Waals surface area contributed by atoms with Gasteiger partial charge >= 0.3 is 5.97 Å². The third kappa shape index (κ3) is 2.52. The summed E-state index contributed by atoms with van der Waals surface area (Å²) in [5.74, 6) is -0.262. The zero-order valence-electron chi connectivity index (χ0n) is 8.83. The molecule has 0 amide bonds. The number of hydrogen-bond acceptors (Lipinski definition) is 5. The van der Waals surface area contributed by atoms with Crippen LogP contribution in [0, 0.1) is 0 Å². The van der Waals surface area contributed by atoms with Gasteiger partial charge in [0.25, 0.3) is 0 Å². The van der Waals surface area contributed by atoms with Crippen molar-refractivity contribution in [2.75, 3.05) is 5.73 Å². The Labute approximate surface area is 97.5 Å². The first-order valence-corrected chi connectivity index (χ1v) is 4.88. The van der Waals surface area contributed by atoms with Gasteiger partial charge in [-0.15, -0.1) is 0 Å². The number of phenolic OH excluding ortho intramolecular Hbond substituents is 1. The van der Waals surface area contributed by atoms with E-state index in [4.69, 9.17) is 10.5 Å². The van der Waals surface area contributed by atoms with Crippen molar-refractivity contribution >= 4 is 11.8 Å². The predicted octanol–water partition coefficient (Wildman–Crippen LogP) is 1.59. The molecule has 1 aromatic heterocycles. The zero-order chi connectivity index (χ0) is 12.3. The van der Waals surface area contributed by atoms with Crippen LogP contribution in [0.1, 0.15) is 10.4 Å². The molecule has 2 rings (SSSR count). The summed E-state index contributed by atoms with van der Waals surface area (Å²) < 4.78 is 5.00. The maximum Gasteiger partial charge on any atom is 0.345 e. The van der Waals surface area contributed by atoms with Crippen LogP contribution in [0.5, 0.6) is 11.5 Å². The van der Waals surface area contributed by atoms with Crippen LogP contribution in [0.25, 0.3) is 0 Å². The van der Waals surface area contributed by atoms with Gasteiger partial charge < -0.3 is 15.6 Å². The van der Waals surface area contributed by atoms with Gasteiger partial charge in [0.15, 0.2) is 11.5 Å². The van der Waals surface area contributed by atoms with Crippen LogP contribution in [0.4, 0.5) is 5.82 Å². The Morgan fingerprint density at radius 2 is 2.00 bits per heavy atom. The Morgan fingerprint density at radius 3 is 2.65 bits per heavy atom. The van der Waals surface area contributed by atoms with E-state index in [1.54, 1.807) is 12.1 Å². The predicted molar refractivity (Wildman–Crippen MR) is 61.7 cm³/mol. The van der Waals surface area contributed by atoms with Gasteiger partial charge in [-0.05, 0) is 24.3 Å². The van der Waals surface area contributed by atoms with Crippen molar-refractivity contribution in [2.45, 2.75) is 0 Å². The number of nitrogens with zero attached hydrogens (tertiary/aromatic N) is 1. The van der Waals surface area contributed by atoms with Crippen LogP contribution in [0.2, 0.25) is 0 Å². The Kier molecular flexibility index (Phi) is 2.91. The summed E-state index contributed by atoms with van der Waals surface area (Å²) in [4.78, 5) is 15.4. The molecular formula is C12H10N2O3. The number of nitrogens with two attached hydrogens (primary N) is 1. The topological polar surface area (TPSA) is 85.4 Å². The minimum atomic E-state index is -0.598. The van der Waals surface area contributed by atoms with Gasteiger partial charge in [0.1, 0.15) is 5.82 Å². The lowest BCUT2D eigenvalue weighted by Crippen LogP contribution is -2.09. The monoisotopic (exact) mass is 230 g/mol. The number of anilines is 1. The van der Waals surface area contributed by atoms with Crippen LogP contribution in [0.15, 0.2) is 42.6 Å². The Morgan fingerprint density at radius 1 is 1.24 bits per heavy atom. The van der Waals surface area contributed by atoms with E-state index in [2.05, 4.69) is 4.98 Å². The third-order valence-electron chi connectivity index (χ3n) is 2.09. The van der Waals surface area contributed by atoms with E-state index in [-0.39, 0.29) is 17.1 Å². The fourth-order valence-corrected chi connectivity index (χ4v) is 1.23. The van der Waals surface area contributed by atoms with Crippen molar-refractivity contribution < 1.29 is 14.6 Å². The van der Waals surface area contributed by atoms with Gasteiger partial charge in [0, 0.05) is 6.20 Å². The average molecular weight is 230 g/mol. The van der Waals surface area contributed by atoms with E-state index in [0.29, 0.717) is 5.82 Å². The largest absolute Gasteiger partial charge is 0.504 e. The van der Waals surface area contributed by atoms with E-state index in [1.807, 2.05) is 0 Å². The standard InChI is InChI=1S/C12H10N2O3/c13-11-6-5-8(7-14-11)12(16)17-10-4-2-1-3-9(10)15/h1-7,15H,(H2,13,14). The van der Waals surface area contributed by atoms with Crippen molar-refractivity contribution in [3.8, 4) is 11.5 Å². The molecule has 0 aliphatic carbocycles. The summed E-state index contributed by atoms with van der Waals surface area (Å²) in [5, 5.41) is 9.44. The molecule has 0 unspecified atom stereocenters. The molecule has 0 atom stereocenters. The maximum absolute atomic E-state index is 11.7. The number of rotatable bonds is 2. The Hall–Kier alpha value is -2.56. The summed E-state index contributed by atoms with van der Waals surface area (Å²) in [5.41, 5.74) is 5.67. The lowest BCUT2D eigenvalue weighted by atomic mass is 10.3. The molecule has 5 heteroatoms. The average Bonchev–Trinajstić information content (AvgIpc) is 2.33. The van der Waals surface area contributed by atoms with E-state index < -0.39 is 5.97 Å². The first-order valence-electron chi connectivity index (χ1n) is 4.88. The molecule has 0 fully saturated rings. The molecule has 1 heterocycles. The second kappa shape index (κ2) is 4.52. The maximum atomic E-state index is 11.7. The van der Waals surface area contributed by atoms with Crippen LogP contribution < -0.4 is 10.5 Å². The van der Waals surface area contributed by atoms with Crippen LogP contribution in [-0.2, 0) is 0 Å². The molecular weight excluding hydrogens is 220 g/mol. The minimum absolute atomic E-state index is 0.0933. The van der Waals surface area contributed by atoms with Gasteiger partial charge in [-0.25, -0.2) is 9.78 Å². The summed E-state index contributed by atoms with van der Waals surface area (Å²) in [7, 11) is 0. The summed E-state index contributed by atoms with van der Waals surface area (Å²) in [6.45, 7) is 0. The van der Waals surface area contributed by atoms with Gasteiger partial charge in [-0.3, -0.25) is 0 Å². The second-order valence-electron chi connectivity index (χ2n) is 3.33. The van der Waals surface area contributed by atoms with E-state index in [1.165, 1.54) is 30.5 Å². The number of carbonyl (C=O) groups is 1. The molecule has 86 valence electrons. The van der Waals surface area contributed by atoms with Gasteiger partial charge in [-0.1, -0.05) is 12.1 Å². The highest BCUT2D eigenvalue weighted by molar-refractivity contribution is 5.91. The smallest absolute Gasteiger partial charge is 0.345 e. The number of para-hydroxylation sites is 2. The normalized spacial score (nSPS) is 9.88. The summed E-state index contributed by atoms with van der Waals surface area (Å²) >= 11 is 0. The molecule has 0 aliphatic heterocycles. The number of esters is 1. The summed E-state index contributed by atoms with van der Waals surface area (Å²) in [6.07, 6.45) is 1.32. The number of ether oxygens (including phenoxy) is 1. The Balaban J connectivity index is 2.17. The highest BCUT2D eigenvalue weighted by Crippen LogP contribution is 2.25. The number of benzene rings is 1. The molecule has 1 aromatic carbocycles. The first kappa shape index (κ1) is 10.9.